The first-order chi connectivity index (χ1) is 8.72. The summed E-state index contributed by atoms with van der Waals surface area (Å²) in [6, 6.07) is 2.19. The van der Waals surface area contributed by atoms with Crippen LogP contribution in [0.25, 0.3) is 0 Å². The highest BCUT2D eigenvalue weighted by Gasteiger charge is 2.43. The highest BCUT2D eigenvalue weighted by Crippen LogP contribution is 2.35. The van der Waals surface area contributed by atoms with Crippen LogP contribution in [0.5, 0.6) is 0 Å². The van der Waals surface area contributed by atoms with Crippen molar-refractivity contribution < 1.29 is 9.53 Å². The van der Waals surface area contributed by atoms with Gasteiger partial charge in [-0.1, -0.05) is 0 Å². The molecule has 1 heterocycles. The minimum absolute atomic E-state index is 0.135. The summed E-state index contributed by atoms with van der Waals surface area (Å²) in [5.74, 6) is -0.135. The average molecular weight is 251 g/mol. The maximum absolute atomic E-state index is 12.2. The van der Waals surface area contributed by atoms with Crippen LogP contribution in [0.4, 0.5) is 0 Å². The maximum Gasteiger partial charge on any atom is 0.326 e. The SMILES string of the molecule is CCOC(=O)C1(NC)CCCC(n2cccn2)C1. The number of ether oxygens (including phenoxy) is 1. The highest BCUT2D eigenvalue weighted by atomic mass is 16.5. The zero-order valence-electron chi connectivity index (χ0n) is 11.1. The Bertz CT molecular complexity index is 391. The number of hydrogen-bond acceptors (Lipinski definition) is 4. The van der Waals surface area contributed by atoms with Crippen LogP contribution < -0.4 is 5.32 Å². The fourth-order valence-electron chi connectivity index (χ4n) is 2.75. The van der Waals surface area contributed by atoms with Crippen molar-refractivity contribution >= 4 is 5.97 Å². The molecule has 0 aromatic carbocycles. The lowest BCUT2D eigenvalue weighted by atomic mass is 9.79. The van der Waals surface area contributed by atoms with Crippen molar-refractivity contribution in [3.05, 3.63) is 18.5 Å². The summed E-state index contributed by atoms with van der Waals surface area (Å²) in [6.45, 7) is 2.27. The van der Waals surface area contributed by atoms with Crippen LogP contribution in [0, 0.1) is 0 Å². The number of nitrogens with one attached hydrogen (secondary N) is 1. The van der Waals surface area contributed by atoms with Gasteiger partial charge in [0, 0.05) is 12.4 Å². The van der Waals surface area contributed by atoms with Gasteiger partial charge in [0.25, 0.3) is 0 Å². The van der Waals surface area contributed by atoms with Gasteiger partial charge < -0.3 is 10.1 Å². The molecule has 0 amide bonds. The van der Waals surface area contributed by atoms with E-state index in [0.717, 1.165) is 25.7 Å². The second-order valence-electron chi connectivity index (χ2n) is 4.79. The van der Waals surface area contributed by atoms with Crippen molar-refractivity contribution in [3.8, 4) is 0 Å². The van der Waals surface area contributed by atoms with Crippen molar-refractivity contribution in [1.82, 2.24) is 15.1 Å². The Morgan fingerprint density at radius 1 is 1.67 bits per heavy atom. The summed E-state index contributed by atoms with van der Waals surface area (Å²) < 4.78 is 7.16. The molecule has 0 spiro atoms. The molecule has 100 valence electrons. The molecule has 1 N–H and O–H groups in total. The molecule has 2 atom stereocenters. The summed E-state index contributed by atoms with van der Waals surface area (Å²) in [4.78, 5) is 12.2. The number of carbonyl (C=O) groups excluding carboxylic acids is 1. The van der Waals surface area contributed by atoms with Gasteiger partial charge in [-0.3, -0.25) is 9.48 Å². The van der Waals surface area contributed by atoms with E-state index in [9.17, 15) is 4.79 Å². The summed E-state index contributed by atoms with van der Waals surface area (Å²) in [5, 5.41) is 7.46. The van der Waals surface area contributed by atoms with E-state index in [-0.39, 0.29) is 12.0 Å². The van der Waals surface area contributed by atoms with Gasteiger partial charge >= 0.3 is 5.97 Å². The Labute approximate surface area is 108 Å². The Hall–Kier alpha value is -1.36. The fourth-order valence-corrected chi connectivity index (χ4v) is 2.75. The van der Waals surface area contributed by atoms with E-state index in [4.69, 9.17) is 4.74 Å². The van der Waals surface area contributed by atoms with Gasteiger partial charge in [-0.05, 0) is 45.7 Å². The summed E-state index contributed by atoms with van der Waals surface area (Å²) in [7, 11) is 1.84. The summed E-state index contributed by atoms with van der Waals surface area (Å²) >= 11 is 0. The minimum atomic E-state index is -0.551. The van der Waals surface area contributed by atoms with Crippen molar-refractivity contribution in [1.29, 1.82) is 0 Å². The van der Waals surface area contributed by atoms with Crippen molar-refractivity contribution in [2.45, 2.75) is 44.2 Å². The highest BCUT2D eigenvalue weighted by molar-refractivity contribution is 5.81. The van der Waals surface area contributed by atoms with Gasteiger partial charge in [-0.25, -0.2) is 0 Å². The normalized spacial score (nSPS) is 28.0. The fraction of sp³-hybridized carbons (Fsp3) is 0.692. The minimum Gasteiger partial charge on any atom is -0.465 e. The quantitative estimate of drug-likeness (QED) is 0.824. The van der Waals surface area contributed by atoms with Gasteiger partial charge in [-0.15, -0.1) is 0 Å². The lowest BCUT2D eigenvalue weighted by Crippen LogP contribution is -2.54. The molecule has 5 nitrogen and oxygen atoms in total. The molecular formula is C13H21N3O2. The first-order valence-electron chi connectivity index (χ1n) is 6.57. The van der Waals surface area contributed by atoms with Gasteiger partial charge in [0.15, 0.2) is 0 Å². The van der Waals surface area contributed by atoms with Gasteiger partial charge in [-0.2, -0.15) is 5.10 Å². The molecule has 0 saturated heterocycles. The zero-order chi connectivity index (χ0) is 13.0. The van der Waals surface area contributed by atoms with E-state index in [1.807, 2.05) is 30.9 Å². The molecular weight excluding hydrogens is 230 g/mol. The van der Waals surface area contributed by atoms with Crippen molar-refractivity contribution in [2.24, 2.45) is 0 Å². The molecule has 1 aromatic rings. The van der Waals surface area contributed by atoms with E-state index in [1.54, 1.807) is 6.20 Å². The Balaban J connectivity index is 2.14. The largest absolute Gasteiger partial charge is 0.465 e. The van der Waals surface area contributed by atoms with Crippen LogP contribution in [0.3, 0.4) is 0 Å². The van der Waals surface area contributed by atoms with E-state index >= 15 is 0 Å². The average Bonchev–Trinajstić information content (AvgIpc) is 2.93. The number of likely N-dealkylation sites (N-methyl/N-ethyl adjacent to an activating group) is 1. The topological polar surface area (TPSA) is 56.1 Å². The third-order valence-corrected chi connectivity index (χ3v) is 3.77. The number of carbonyl (C=O) groups is 1. The first kappa shape index (κ1) is 13.1. The van der Waals surface area contributed by atoms with Gasteiger partial charge in [0.1, 0.15) is 5.54 Å². The smallest absolute Gasteiger partial charge is 0.326 e. The zero-order valence-corrected chi connectivity index (χ0v) is 11.1. The van der Waals surface area contributed by atoms with E-state index < -0.39 is 5.54 Å². The van der Waals surface area contributed by atoms with E-state index in [0.29, 0.717) is 6.61 Å². The third-order valence-electron chi connectivity index (χ3n) is 3.77. The molecule has 0 aliphatic heterocycles. The van der Waals surface area contributed by atoms with Crippen LogP contribution in [-0.2, 0) is 9.53 Å². The van der Waals surface area contributed by atoms with Crippen LogP contribution in [0.15, 0.2) is 18.5 Å². The van der Waals surface area contributed by atoms with Gasteiger partial charge in [0.2, 0.25) is 0 Å². The summed E-state index contributed by atoms with van der Waals surface area (Å²) in [5.41, 5.74) is -0.551. The van der Waals surface area contributed by atoms with E-state index in [2.05, 4.69) is 10.4 Å². The molecule has 1 fully saturated rings. The number of rotatable bonds is 4. The van der Waals surface area contributed by atoms with Crippen LogP contribution >= 0.6 is 0 Å². The molecule has 2 rings (SSSR count). The summed E-state index contributed by atoms with van der Waals surface area (Å²) in [6.07, 6.45) is 7.38. The predicted octanol–water partition coefficient (Wildman–Crippen LogP) is 1.52. The number of nitrogens with zero attached hydrogens (tertiary/aromatic N) is 2. The number of hydrogen-bond donors (Lipinski definition) is 1. The first-order valence-corrected chi connectivity index (χ1v) is 6.57. The number of esters is 1. The van der Waals surface area contributed by atoms with Crippen molar-refractivity contribution in [2.75, 3.05) is 13.7 Å². The standard InChI is InChI=1S/C13H21N3O2/c1-3-18-12(17)13(14-2)7-4-6-11(10-13)16-9-5-8-15-16/h5,8-9,11,14H,3-4,6-7,10H2,1-2H3. The Kier molecular flexibility index (Phi) is 4.01. The van der Waals surface area contributed by atoms with E-state index in [1.165, 1.54) is 0 Å². The van der Waals surface area contributed by atoms with Crippen LogP contribution in [0.2, 0.25) is 0 Å². The monoisotopic (exact) mass is 251 g/mol. The Morgan fingerprint density at radius 2 is 2.50 bits per heavy atom. The lowest BCUT2D eigenvalue weighted by molar-refractivity contribution is -0.153. The van der Waals surface area contributed by atoms with Gasteiger partial charge in [0.05, 0.1) is 12.6 Å². The van der Waals surface area contributed by atoms with Crippen molar-refractivity contribution in [3.63, 3.8) is 0 Å². The molecule has 1 aliphatic carbocycles. The molecule has 1 saturated carbocycles. The third kappa shape index (κ3) is 2.41. The second-order valence-corrected chi connectivity index (χ2v) is 4.79. The molecule has 18 heavy (non-hydrogen) atoms. The van der Waals surface area contributed by atoms with Crippen LogP contribution in [0.1, 0.15) is 38.6 Å². The molecule has 2 unspecified atom stereocenters. The Morgan fingerprint density at radius 3 is 3.11 bits per heavy atom. The second kappa shape index (κ2) is 5.52. The maximum atomic E-state index is 12.2. The molecule has 0 radical (unpaired) electrons. The number of aromatic nitrogens is 2. The molecule has 1 aliphatic rings. The molecule has 1 aromatic heterocycles. The van der Waals surface area contributed by atoms with Crippen LogP contribution in [-0.4, -0.2) is 34.9 Å². The molecule has 5 heteroatoms. The molecule has 0 bridgehead atoms. The predicted molar refractivity (Wildman–Crippen MR) is 68.2 cm³/mol. The lowest BCUT2D eigenvalue weighted by Gasteiger charge is -2.38.